The third kappa shape index (κ3) is 8.47. The van der Waals surface area contributed by atoms with Crippen molar-refractivity contribution in [3.8, 4) is 23.0 Å². The molecule has 48 heavy (non-hydrogen) atoms. The molecule has 2 aliphatic rings. The van der Waals surface area contributed by atoms with Gasteiger partial charge in [0.15, 0.2) is 0 Å². The highest BCUT2D eigenvalue weighted by molar-refractivity contribution is 5.29. The van der Waals surface area contributed by atoms with E-state index in [2.05, 4.69) is 0 Å². The van der Waals surface area contributed by atoms with Gasteiger partial charge in [0, 0.05) is 5.92 Å². The molecule has 0 radical (unpaired) electrons. The lowest BCUT2D eigenvalue weighted by atomic mass is 9.82. The van der Waals surface area contributed by atoms with Crippen molar-refractivity contribution in [1.82, 2.24) is 0 Å². The molecule has 254 valence electrons. The van der Waals surface area contributed by atoms with E-state index in [-0.39, 0.29) is 30.3 Å². The molecule has 1 heterocycles. The van der Waals surface area contributed by atoms with Gasteiger partial charge in [-0.25, -0.2) is 0 Å². The second kappa shape index (κ2) is 16.3. The van der Waals surface area contributed by atoms with Gasteiger partial charge in [-0.1, -0.05) is 48.5 Å². The minimum Gasteiger partial charge on any atom is -0.497 e. The maximum Gasteiger partial charge on any atom is 0.118 e. The van der Waals surface area contributed by atoms with E-state index in [9.17, 15) is 0 Å². The largest absolute Gasteiger partial charge is 0.497 e. The first-order valence-electron chi connectivity index (χ1n) is 16.2. The topological polar surface area (TPSA) is 86.4 Å². The van der Waals surface area contributed by atoms with Crippen molar-refractivity contribution >= 4 is 0 Å². The van der Waals surface area contributed by atoms with Gasteiger partial charge in [0.2, 0.25) is 0 Å². The van der Waals surface area contributed by atoms with Crippen molar-refractivity contribution in [1.29, 1.82) is 0 Å². The van der Waals surface area contributed by atoms with E-state index in [0.29, 0.717) is 33.0 Å². The van der Waals surface area contributed by atoms with E-state index >= 15 is 0 Å². The molecule has 2 fully saturated rings. The van der Waals surface area contributed by atoms with E-state index in [1.54, 1.807) is 28.4 Å². The van der Waals surface area contributed by atoms with Gasteiger partial charge in [-0.3, -0.25) is 0 Å². The van der Waals surface area contributed by atoms with Gasteiger partial charge in [-0.05, 0) is 70.8 Å². The van der Waals surface area contributed by atoms with Gasteiger partial charge in [0.25, 0.3) is 0 Å². The van der Waals surface area contributed by atoms with Crippen LogP contribution in [0, 0.1) is 5.92 Å². The van der Waals surface area contributed by atoms with Crippen molar-refractivity contribution in [2.75, 3.05) is 35.0 Å². The zero-order valence-corrected chi connectivity index (χ0v) is 27.9. The van der Waals surface area contributed by atoms with E-state index < -0.39 is 6.10 Å². The SMILES string of the molecule is COc1ccc(COC[C@@H]2[C@@H](OCc3ccc(OC)cc3)[C@H](OCc3ccc(OC)cc3)[C@@H](OCc3ccc(OC)cc3)[C@H]3O[C@@H]23)cc1. The summed E-state index contributed by atoms with van der Waals surface area (Å²) in [5.41, 5.74) is 4.13. The molecule has 4 aromatic carbocycles. The summed E-state index contributed by atoms with van der Waals surface area (Å²) in [7, 11) is 6.64. The van der Waals surface area contributed by atoms with Crippen molar-refractivity contribution in [2.45, 2.75) is 56.9 Å². The minimum absolute atomic E-state index is 0.0757. The third-order valence-electron chi connectivity index (χ3n) is 8.92. The standard InChI is InChI=1S/C39H44O9/c1-40-30-13-5-26(6-14-30)21-44-25-34-35(45-22-27-7-15-31(41-2)16-8-27)37(46-23-28-9-17-32(42-3)18-10-28)38(39-36(34)48-39)47-24-29-11-19-33(43-4)20-12-29/h5-20,34-39H,21-25H2,1-4H3/t34-,35-,36+,37+,38-,39+/m1/s1. The molecule has 1 aliphatic heterocycles. The highest BCUT2D eigenvalue weighted by atomic mass is 16.6. The fourth-order valence-electron chi connectivity index (χ4n) is 6.11. The van der Waals surface area contributed by atoms with Gasteiger partial charge in [-0.15, -0.1) is 0 Å². The Morgan fingerprint density at radius 2 is 0.771 bits per heavy atom. The highest BCUT2D eigenvalue weighted by Crippen LogP contribution is 2.46. The summed E-state index contributed by atoms with van der Waals surface area (Å²) in [5.74, 6) is 3.12. The van der Waals surface area contributed by atoms with Gasteiger partial charge >= 0.3 is 0 Å². The Hall–Kier alpha value is -4.12. The van der Waals surface area contributed by atoms with Crippen molar-refractivity contribution in [3.63, 3.8) is 0 Å². The molecule has 1 saturated carbocycles. The predicted molar refractivity (Wildman–Crippen MR) is 180 cm³/mol. The van der Waals surface area contributed by atoms with Gasteiger partial charge in [-0.2, -0.15) is 0 Å². The van der Waals surface area contributed by atoms with Crippen LogP contribution in [0.4, 0.5) is 0 Å². The summed E-state index contributed by atoms with van der Waals surface area (Å²) >= 11 is 0. The summed E-state index contributed by atoms with van der Waals surface area (Å²) in [5, 5.41) is 0. The first kappa shape index (κ1) is 33.8. The average molecular weight is 657 g/mol. The van der Waals surface area contributed by atoms with Gasteiger partial charge < -0.3 is 42.6 Å². The van der Waals surface area contributed by atoms with Crippen LogP contribution in [0.5, 0.6) is 23.0 Å². The van der Waals surface area contributed by atoms with Gasteiger partial charge in [0.05, 0.1) is 73.7 Å². The van der Waals surface area contributed by atoms with Crippen LogP contribution in [-0.2, 0) is 50.1 Å². The average Bonchev–Trinajstić information content (AvgIpc) is 3.95. The highest BCUT2D eigenvalue weighted by Gasteiger charge is 2.62. The van der Waals surface area contributed by atoms with Crippen molar-refractivity contribution in [2.24, 2.45) is 5.92 Å². The van der Waals surface area contributed by atoms with Crippen LogP contribution in [0.2, 0.25) is 0 Å². The molecule has 0 aromatic heterocycles. The fraction of sp³-hybridized carbons (Fsp3) is 0.385. The molecule has 6 rings (SSSR count). The molecule has 1 saturated heterocycles. The number of benzene rings is 4. The molecule has 6 atom stereocenters. The molecule has 4 aromatic rings. The molecule has 0 N–H and O–H groups in total. The molecular weight excluding hydrogens is 612 g/mol. The van der Waals surface area contributed by atoms with Crippen molar-refractivity contribution < 1.29 is 42.6 Å². The Morgan fingerprint density at radius 3 is 1.17 bits per heavy atom. The summed E-state index contributed by atoms with van der Waals surface area (Å²) in [4.78, 5) is 0. The molecular formula is C39H44O9. The number of ether oxygens (including phenoxy) is 9. The molecule has 9 nitrogen and oxygen atoms in total. The normalized spacial score (nSPS) is 22.8. The fourth-order valence-corrected chi connectivity index (χ4v) is 6.11. The van der Waals surface area contributed by atoms with Crippen LogP contribution >= 0.6 is 0 Å². The maximum atomic E-state index is 6.78. The van der Waals surface area contributed by atoms with Gasteiger partial charge in [0.1, 0.15) is 41.3 Å². The maximum absolute atomic E-state index is 6.78. The van der Waals surface area contributed by atoms with Crippen LogP contribution in [0.25, 0.3) is 0 Å². The smallest absolute Gasteiger partial charge is 0.118 e. The van der Waals surface area contributed by atoms with E-state index in [1.807, 2.05) is 97.1 Å². The number of epoxide rings is 1. The zero-order valence-electron chi connectivity index (χ0n) is 27.9. The quantitative estimate of drug-likeness (QED) is 0.120. The van der Waals surface area contributed by atoms with E-state index in [4.69, 9.17) is 42.6 Å². The Labute approximate surface area is 282 Å². The summed E-state index contributed by atoms with van der Waals surface area (Å²) < 4.78 is 54.2. The van der Waals surface area contributed by atoms with Crippen LogP contribution < -0.4 is 18.9 Å². The minimum atomic E-state index is -0.429. The zero-order chi connectivity index (χ0) is 33.3. The number of fused-ring (bicyclic) bond motifs is 1. The number of hydrogen-bond donors (Lipinski definition) is 0. The number of rotatable bonds is 17. The lowest BCUT2D eigenvalue weighted by Gasteiger charge is -2.40. The first-order valence-corrected chi connectivity index (χ1v) is 16.2. The first-order chi connectivity index (χ1) is 23.6. The lowest BCUT2D eigenvalue weighted by molar-refractivity contribution is -0.185. The van der Waals surface area contributed by atoms with Crippen LogP contribution in [0.15, 0.2) is 97.1 Å². The summed E-state index contributed by atoms with van der Waals surface area (Å²) in [6.45, 7) is 2.05. The van der Waals surface area contributed by atoms with Crippen LogP contribution in [-0.4, -0.2) is 65.6 Å². The molecule has 9 heteroatoms. The second-order valence-corrected chi connectivity index (χ2v) is 12.0. The van der Waals surface area contributed by atoms with E-state index in [1.165, 1.54) is 0 Å². The third-order valence-corrected chi connectivity index (χ3v) is 8.92. The number of hydrogen-bond acceptors (Lipinski definition) is 9. The van der Waals surface area contributed by atoms with E-state index in [0.717, 1.165) is 45.3 Å². The summed E-state index contributed by atoms with van der Waals surface area (Å²) in [6.07, 6.45) is -1.37. The molecule has 0 unspecified atom stereocenters. The molecule has 0 spiro atoms. The lowest BCUT2D eigenvalue weighted by Crippen LogP contribution is -2.55. The Kier molecular flexibility index (Phi) is 11.5. The molecule has 1 aliphatic carbocycles. The molecule has 0 amide bonds. The predicted octanol–water partition coefficient (Wildman–Crippen LogP) is 6.39. The number of methoxy groups -OCH3 is 4. The van der Waals surface area contributed by atoms with Crippen molar-refractivity contribution in [3.05, 3.63) is 119 Å². The monoisotopic (exact) mass is 656 g/mol. The second-order valence-electron chi connectivity index (χ2n) is 12.0. The molecule has 0 bridgehead atoms. The van der Waals surface area contributed by atoms with Crippen LogP contribution in [0.1, 0.15) is 22.3 Å². The van der Waals surface area contributed by atoms with Crippen LogP contribution in [0.3, 0.4) is 0 Å². The Morgan fingerprint density at radius 1 is 0.417 bits per heavy atom. The Balaban J connectivity index is 1.23. The summed E-state index contributed by atoms with van der Waals surface area (Å²) in [6, 6.07) is 31.6. The Bertz CT molecular complexity index is 1540.